The summed E-state index contributed by atoms with van der Waals surface area (Å²) >= 11 is 11.2. The molecule has 1 aromatic heterocycles. The van der Waals surface area contributed by atoms with Gasteiger partial charge in [-0.3, -0.25) is 4.79 Å². The Labute approximate surface area is 125 Å². The SMILES string of the molecule is CCC=C(C(=O)OCC)C(=O)c1cc(F)c(Cl)nc1Cl. The fraction of sp³-hybridized carbons (Fsp3) is 0.308. The third-order valence-corrected chi connectivity index (χ3v) is 2.83. The van der Waals surface area contributed by atoms with Gasteiger partial charge in [-0.15, -0.1) is 0 Å². The molecule has 108 valence electrons. The zero-order chi connectivity index (χ0) is 15.3. The van der Waals surface area contributed by atoms with Crippen molar-refractivity contribution in [3.05, 3.63) is 39.4 Å². The monoisotopic (exact) mass is 319 g/mol. The summed E-state index contributed by atoms with van der Waals surface area (Å²) in [4.78, 5) is 27.4. The van der Waals surface area contributed by atoms with Crippen molar-refractivity contribution in [2.75, 3.05) is 6.61 Å². The van der Waals surface area contributed by atoms with Crippen LogP contribution in [0.2, 0.25) is 10.3 Å². The van der Waals surface area contributed by atoms with E-state index in [2.05, 4.69) is 4.98 Å². The molecule has 0 N–H and O–H groups in total. The second-order valence-corrected chi connectivity index (χ2v) is 4.39. The second-order valence-electron chi connectivity index (χ2n) is 3.68. The molecule has 0 aliphatic carbocycles. The maximum absolute atomic E-state index is 13.4. The molecule has 0 spiro atoms. The number of aromatic nitrogens is 1. The van der Waals surface area contributed by atoms with Gasteiger partial charge >= 0.3 is 5.97 Å². The normalized spacial score (nSPS) is 11.3. The Kier molecular flexibility index (Phi) is 6.10. The van der Waals surface area contributed by atoms with Crippen molar-refractivity contribution < 1.29 is 18.7 Å². The van der Waals surface area contributed by atoms with Gasteiger partial charge in [-0.1, -0.05) is 36.2 Å². The number of ketones is 1. The number of rotatable bonds is 5. The number of hydrogen-bond donors (Lipinski definition) is 0. The summed E-state index contributed by atoms with van der Waals surface area (Å²) < 4.78 is 18.2. The summed E-state index contributed by atoms with van der Waals surface area (Å²) in [6.45, 7) is 3.48. The number of pyridine rings is 1. The number of halogens is 3. The van der Waals surface area contributed by atoms with Gasteiger partial charge in [-0.05, 0) is 19.4 Å². The number of hydrogen-bond acceptors (Lipinski definition) is 4. The number of Topliss-reactive ketones (excluding diaryl/α,β-unsaturated/α-hetero) is 1. The van der Waals surface area contributed by atoms with Crippen LogP contribution in [0.3, 0.4) is 0 Å². The highest BCUT2D eigenvalue weighted by Crippen LogP contribution is 2.23. The number of carbonyl (C=O) groups is 2. The molecule has 7 heteroatoms. The van der Waals surface area contributed by atoms with Gasteiger partial charge in [-0.2, -0.15) is 0 Å². The van der Waals surface area contributed by atoms with Gasteiger partial charge in [0.2, 0.25) is 5.78 Å². The predicted molar refractivity (Wildman–Crippen MR) is 73.6 cm³/mol. The van der Waals surface area contributed by atoms with Crippen LogP contribution >= 0.6 is 23.2 Å². The van der Waals surface area contributed by atoms with Gasteiger partial charge in [-0.25, -0.2) is 14.2 Å². The Morgan fingerprint density at radius 2 is 2.00 bits per heavy atom. The maximum Gasteiger partial charge on any atom is 0.341 e. The molecule has 0 aromatic carbocycles. The van der Waals surface area contributed by atoms with Gasteiger partial charge in [0.25, 0.3) is 0 Å². The van der Waals surface area contributed by atoms with Crippen molar-refractivity contribution in [1.82, 2.24) is 4.98 Å². The van der Waals surface area contributed by atoms with Crippen LogP contribution in [0.4, 0.5) is 4.39 Å². The van der Waals surface area contributed by atoms with Crippen LogP contribution in [-0.2, 0) is 9.53 Å². The van der Waals surface area contributed by atoms with E-state index in [1.807, 2.05) is 0 Å². The van der Waals surface area contributed by atoms with Crippen LogP contribution in [0.25, 0.3) is 0 Å². The third kappa shape index (κ3) is 3.77. The van der Waals surface area contributed by atoms with E-state index >= 15 is 0 Å². The van der Waals surface area contributed by atoms with E-state index in [1.54, 1.807) is 13.8 Å². The largest absolute Gasteiger partial charge is 0.462 e. The molecule has 0 fully saturated rings. The quantitative estimate of drug-likeness (QED) is 0.208. The molecule has 0 radical (unpaired) electrons. The minimum Gasteiger partial charge on any atom is -0.462 e. The average Bonchev–Trinajstić information content (AvgIpc) is 2.39. The minimum atomic E-state index is -0.890. The lowest BCUT2D eigenvalue weighted by atomic mass is 10.0. The lowest BCUT2D eigenvalue weighted by Crippen LogP contribution is -2.17. The molecule has 0 aliphatic rings. The molecular weight excluding hydrogens is 308 g/mol. The molecule has 1 heterocycles. The third-order valence-electron chi connectivity index (χ3n) is 2.28. The first-order valence-corrected chi connectivity index (χ1v) is 6.61. The van der Waals surface area contributed by atoms with Crippen LogP contribution in [0, 0.1) is 5.82 Å². The van der Waals surface area contributed by atoms with Crippen molar-refractivity contribution >= 4 is 35.0 Å². The molecule has 0 saturated heterocycles. The van der Waals surface area contributed by atoms with Crippen molar-refractivity contribution in [1.29, 1.82) is 0 Å². The summed E-state index contributed by atoms with van der Waals surface area (Å²) in [5.74, 6) is -2.43. The number of allylic oxidation sites excluding steroid dienone is 1. The Hall–Kier alpha value is -1.46. The van der Waals surface area contributed by atoms with E-state index in [4.69, 9.17) is 27.9 Å². The van der Waals surface area contributed by atoms with E-state index in [9.17, 15) is 14.0 Å². The molecule has 0 atom stereocenters. The lowest BCUT2D eigenvalue weighted by Gasteiger charge is -2.08. The Morgan fingerprint density at radius 3 is 2.55 bits per heavy atom. The molecule has 1 aromatic rings. The Bertz CT molecular complexity index is 573. The van der Waals surface area contributed by atoms with Crippen molar-refractivity contribution in [3.63, 3.8) is 0 Å². The van der Waals surface area contributed by atoms with E-state index in [0.29, 0.717) is 6.42 Å². The summed E-state index contributed by atoms with van der Waals surface area (Å²) in [5.41, 5.74) is -0.443. The lowest BCUT2D eigenvalue weighted by molar-refractivity contribution is -0.138. The van der Waals surface area contributed by atoms with Crippen molar-refractivity contribution in [3.8, 4) is 0 Å². The number of ether oxygens (including phenoxy) is 1. The molecule has 1 rings (SSSR count). The summed E-state index contributed by atoms with van der Waals surface area (Å²) in [5, 5.41) is -0.712. The van der Waals surface area contributed by atoms with E-state index in [1.165, 1.54) is 6.08 Å². The highest BCUT2D eigenvalue weighted by molar-refractivity contribution is 6.37. The zero-order valence-electron chi connectivity index (χ0n) is 10.9. The van der Waals surface area contributed by atoms with Crippen LogP contribution in [0.1, 0.15) is 30.6 Å². The van der Waals surface area contributed by atoms with E-state index in [-0.39, 0.29) is 22.9 Å². The molecule has 0 aliphatic heterocycles. The average molecular weight is 320 g/mol. The molecule has 0 unspecified atom stereocenters. The first-order chi connectivity index (χ1) is 9.42. The van der Waals surface area contributed by atoms with E-state index < -0.39 is 22.7 Å². The van der Waals surface area contributed by atoms with Gasteiger partial charge in [0.05, 0.1) is 12.2 Å². The number of nitrogens with zero attached hydrogens (tertiary/aromatic N) is 1. The summed E-state index contributed by atoms with van der Waals surface area (Å²) in [6, 6.07) is 0.850. The molecule has 4 nitrogen and oxygen atoms in total. The Balaban J connectivity index is 3.23. The molecule has 0 amide bonds. The summed E-state index contributed by atoms with van der Waals surface area (Å²) in [7, 11) is 0. The number of carbonyl (C=O) groups excluding carboxylic acids is 2. The Morgan fingerprint density at radius 1 is 1.35 bits per heavy atom. The number of esters is 1. The van der Waals surface area contributed by atoms with Crippen molar-refractivity contribution in [2.45, 2.75) is 20.3 Å². The topological polar surface area (TPSA) is 56.3 Å². The fourth-order valence-corrected chi connectivity index (χ4v) is 1.84. The first kappa shape index (κ1) is 16.6. The minimum absolute atomic E-state index is 0.119. The van der Waals surface area contributed by atoms with Crippen LogP contribution in [-0.4, -0.2) is 23.3 Å². The van der Waals surface area contributed by atoms with Crippen LogP contribution < -0.4 is 0 Å². The van der Waals surface area contributed by atoms with Crippen LogP contribution in [0.5, 0.6) is 0 Å². The van der Waals surface area contributed by atoms with Crippen molar-refractivity contribution in [2.24, 2.45) is 0 Å². The summed E-state index contributed by atoms with van der Waals surface area (Å²) in [6.07, 6.45) is 1.82. The molecule has 20 heavy (non-hydrogen) atoms. The van der Waals surface area contributed by atoms with Gasteiger partial charge in [0.15, 0.2) is 11.0 Å². The molecule has 0 bridgehead atoms. The van der Waals surface area contributed by atoms with Crippen LogP contribution in [0.15, 0.2) is 17.7 Å². The predicted octanol–water partition coefficient (Wildman–Crippen LogP) is 3.61. The zero-order valence-corrected chi connectivity index (χ0v) is 12.4. The van der Waals surface area contributed by atoms with Gasteiger partial charge < -0.3 is 4.74 Å². The maximum atomic E-state index is 13.4. The highest BCUT2D eigenvalue weighted by Gasteiger charge is 2.24. The fourth-order valence-electron chi connectivity index (χ4n) is 1.43. The van der Waals surface area contributed by atoms with Gasteiger partial charge in [0.1, 0.15) is 10.7 Å². The van der Waals surface area contributed by atoms with E-state index in [0.717, 1.165) is 6.07 Å². The highest BCUT2D eigenvalue weighted by atomic mass is 35.5. The smallest absolute Gasteiger partial charge is 0.341 e. The first-order valence-electron chi connectivity index (χ1n) is 5.85. The van der Waals surface area contributed by atoms with Gasteiger partial charge in [0, 0.05) is 0 Å². The second kappa shape index (κ2) is 7.36. The molecule has 0 saturated carbocycles. The molecular formula is C13H12Cl2FNO3. The standard InChI is InChI=1S/C13H12Cl2FNO3/c1-3-5-7(13(19)20-4-2)10(18)8-6-9(16)12(15)17-11(8)14/h5-6H,3-4H2,1-2H3.